The number of hydrogen-bond donors (Lipinski definition) is 3. The minimum absolute atomic E-state index is 0. The Morgan fingerprint density at radius 1 is 1.28 bits per heavy atom. The van der Waals surface area contributed by atoms with Crippen molar-refractivity contribution in [2.24, 2.45) is 10.4 Å². The van der Waals surface area contributed by atoms with Crippen LogP contribution < -0.4 is 16.0 Å². The molecule has 0 saturated heterocycles. The standard InChI is InChI=1S/C18H29N5O.HI/c1-3-18(9-5-6-10-18)14-22-17(20-4-2)21-13-16(24)23-15-8-7-11-19-12-15;/h7-8,11-12H,3-6,9-10,13-14H2,1-2H3,(H,23,24)(H2,20,21,22);1H. The minimum Gasteiger partial charge on any atom is -0.357 e. The van der Waals surface area contributed by atoms with E-state index in [1.807, 2.05) is 13.0 Å². The van der Waals surface area contributed by atoms with Gasteiger partial charge in [-0.25, -0.2) is 4.99 Å². The molecule has 2 rings (SSSR count). The highest BCUT2D eigenvalue weighted by Crippen LogP contribution is 2.40. The summed E-state index contributed by atoms with van der Waals surface area (Å²) in [6.45, 7) is 6.06. The van der Waals surface area contributed by atoms with E-state index >= 15 is 0 Å². The minimum atomic E-state index is -0.147. The number of hydrogen-bond acceptors (Lipinski definition) is 3. The lowest BCUT2D eigenvalue weighted by Crippen LogP contribution is -2.43. The van der Waals surface area contributed by atoms with Gasteiger partial charge in [-0.05, 0) is 43.7 Å². The number of nitrogens with zero attached hydrogens (tertiary/aromatic N) is 2. The van der Waals surface area contributed by atoms with Gasteiger partial charge in [0.2, 0.25) is 5.91 Å². The third-order valence-corrected chi connectivity index (χ3v) is 4.72. The Hall–Kier alpha value is -1.38. The molecule has 7 heteroatoms. The first-order valence-electron chi connectivity index (χ1n) is 8.89. The Morgan fingerprint density at radius 2 is 2.04 bits per heavy atom. The predicted octanol–water partition coefficient (Wildman–Crippen LogP) is 3.16. The molecule has 6 nitrogen and oxygen atoms in total. The highest BCUT2D eigenvalue weighted by atomic mass is 127. The van der Waals surface area contributed by atoms with Gasteiger partial charge in [-0.3, -0.25) is 9.78 Å². The van der Waals surface area contributed by atoms with Gasteiger partial charge in [-0.15, -0.1) is 24.0 Å². The molecule has 1 saturated carbocycles. The van der Waals surface area contributed by atoms with Crippen LogP contribution in [0.3, 0.4) is 0 Å². The SMILES string of the molecule is CCNC(=NCC(=O)Nc1cccnc1)NCC1(CC)CCCC1.I. The number of guanidine groups is 1. The summed E-state index contributed by atoms with van der Waals surface area (Å²) in [5.41, 5.74) is 1.07. The summed E-state index contributed by atoms with van der Waals surface area (Å²) in [6.07, 6.45) is 9.66. The summed E-state index contributed by atoms with van der Waals surface area (Å²) in [6, 6.07) is 3.60. The molecule has 0 bridgehead atoms. The van der Waals surface area contributed by atoms with Gasteiger partial charge in [0.25, 0.3) is 0 Å². The van der Waals surface area contributed by atoms with Gasteiger partial charge in [0.1, 0.15) is 6.54 Å². The third kappa shape index (κ3) is 7.17. The van der Waals surface area contributed by atoms with Crippen LogP contribution in [0, 0.1) is 5.41 Å². The number of carbonyl (C=O) groups is 1. The lowest BCUT2D eigenvalue weighted by atomic mass is 9.83. The summed E-state index contributed by atoms with van der Waals surface area (Å²) in [5.74, 6) is 0.560. The molecule has 25 heavy (non-hydrogen) atoms. The Morgan fingerprint density at radius 3 is 2.64 bits per heavy atom. The van der Waals surface area contributed by atoms with E-state index < -0.39 is 0 Å². The number of aromatic nitrogens is 1. The third-order valence-electron chi connectivity index (χ3n) is 4.72. The molecule has 1 aromatic heterocycles. The van der Waals surface area contributed by atoms with E-state index in [-0.39, 0.29) is 36.4 Å². The molecule has 1 heterocycles. The zero-order valence-electron chi connectivity index (χ0n) is 15.2. The van der Waals surface area contributed by atoms with Crippen molar-refractivity contribution in [2.75, 3.05) is 25.0 Å². The van der Waals surface area contributed by atoms with Gasteiger partial charge in [-0.1, -0.05) is 19.8 Å². The zero-order valence-corrected chi connectivity index (χ0v) is 17.5. The molecule has 0 aromatic carbocycles. The fraction of sp³-hybridized carbons (Fsp3) is 0.611. The highest BCUT2D eigenvalue weighted by Gasteiger charge is 2.31. The molecule has 1 aliphatic rings. The summed E-state index contributed by atoms with van der Waals surface area (Å²) < 4.78 is 0. The maximum Gasteiger partial charge on any atom is 0.246 e. The molecule has 0 radical (unpaired) electrons. The first kappa shape index (κ1) is 21.7. The number of rotatable bonds is 7. The Labute approximate surface area is 167 Å². The number of halogens is 1. The van der Waals surface area contributed by atoms with E-state index in [1.165, 1.54) is 32.1 Å². The number of nitrogens with one attached hydrogen (secondary N) is 3. The Balaban J connectivity index is 0.00000312. The normalized spacial score (nSPS) is 16.0. The first-order valence-corrected chi connectivity index (χ1v) is 8.89. The molecule has 1 fully saturated rings. The molecule has 140 valence electrons. The first-order chi connectivity index (χ1) is 11.7. The van der Waals surface area contributed by atoms with Crippen LogP contribution in [-0.2, 0) is 4.79 Å². The summed E-state index contributed by atoms with van der Waals surface area (Å²) in [5, 5.41) is 9.42. The van der Waals surface area contributed by atoms with E-state index in [0.29, 0.717) is 17.1 Å². The van der Waals surface area contributed by atoms with Gasteiger partial charge in [-0.2, -0.15) is 0 Å². The monoisotopic (exact) mass is 459 g/mol. The van der Waals surface area contributed by atoms with E-state index in [9.17, 15) is 4.79 Å². The molecule has 1 aliphatic carbocycles. The van der Waals surface area contributed by atoms with Gasteiger partial charge in [0, 0.05) is 19.3 Å². The van der Waals surface area contributed by atoms with Crippen LogP contribution in [0.5, 0.6) is 0 Å². The molecule has 1 amide bonds. The fourth-order valence-electron chi connectivity index (χ4n) is 3.18. The average molecular weight is 459 g/mol. The Bertz CT molecular complexity index is 544. The van der Waals surface area contributed by atoms with E-state index in [1.54, 1.807) is 18.5 Å². The molecule has 0 atom stereocenters. The van der Waals surface area contributed by atoms with E-state index in [2.05, 4.69) is 32.9 Å². The topological polar surface area (TPSA) is 78.4 Å². The zero-order chi connectivity index (χ0) is 17.3. The van der Waals surface area contributed by atoms with E-state index in [0.717, 1.165) is 13.1 Å². The van der Waals surface area contributed by atoms with Gasteiger partial charge in [0.05, 0.1) is 11.9 Å². The second kappa shape index (κ2) is 11.3. The van der Waals surface area contributed by atoms with Crippen LogP contribution >= 0.6 is 24.0 Å². The van der Waals surface area contributed by atoms with E-state index in [4.69, 9.17) is 0 Å². The maximum absolute atomic E-state index is 12.0. The number of aliphatic imine (C=N–C) groups is 1. The lowest BCUT2D eigenvalue weighted by Gasteiger charge is -2.28. The van der Waals surface area contributed by atoms with Crippen molar-refractivity contribution < 1.29 is 4.79 Å². The molecule has 1 aromatic rings. The van der Waals surface area contributed by atoms with Crippen molar-refractivity contribution >= 4 is 41.5 Å². The van der Waals surface area contributed by atoms with Crippen LogP contribution in [0.4, 0.5) is 5.69 Å². The average Bonchev–Trinajstić information content (AvgIpc) is 3.08. The van der Waals surface area contributed by atoms with Crippen molar-refractivity contribution in [2.45, 2.75) is 46.0 Å². The molecular weight excluding hydrogens is 429 g/mol. The highest BCUT2D eigenvalue weighted by molar-refractivity contribution is 14.0. The largest absolute Gasteiger partial charge is 0.357 e. The Kier molecular flexibility index (Phi) is 9.77. The van der Waals surface area contributed by atoms with Gasteiger partial charge in [0.15, 0.2) is 5.96 Å². The number of anilines is 1. The second-order valence-electron chi connectivity index (χ2n) is 6.40. The van der Waals surface area contributed by atoms with Crippen molar-refractivity contribution in [3.05, 3.63) is 24.5 Å². The lowest BCUT2D eigenvalue weighted by molar-refractivity contribution is -0.114. The summed E-state index contributed by atoms with van der Waals surface area (Å²) in [7, 11) is 0. The smallest absolute Gasteiger partial charge is 0.246 e. The predicted molar refractivity (Wildman–Crippen MR) is 113 cm³/mol. The van der Waals surface area contributed by atoms with Crippen LogP contribution in [-0.4, -0.2) is 36.5 Å². The maximum atomic E-state index is 12.0. The number of amides is 1. The van der Waals surface area contributed by atoms with Crippen molar-refractivity contribution in [1.82, 2.24) is 15.6 Å². The quantitative estimate of drug-likeness (QED) is 0.333. The molecule has 0 unspecified atom stereocenters. The van der Waals surface area contributed by atoms with Crippen molar-refractivity contribution in [3.63, 3.8) is 0 Å². The van der Waals surface area contributed by atoms with Crippen LogP contribution in [0.1, 0.15) is 46.0 Å². The molecule has 3 N–H and O–H groups in total. The van der Waals surface area contributed by atoms with Gasteiger partial charge < -0.3 is 16.0 Å². The second-order valence-corrected chi connectivity index (χ2v) is 6.40. The fourth-order valence-corrected chi connectivity index (χ4v) is 3.18. The molecule has 0 aliphatic heterocycles. The molecular formula is C18H30IN5O. The summed E-state index contributed by atoms with van der Waals surface area (Å²) >= 11 is 0. The van der Waals surface area contributed by atoms with Gasteiger partial charge >= 0.3 is 0 Å². The van der Waals surface area contributed by atoms with Crippen molar-refractivity contribution in [3.8, 4) is 0 Å². The van der Waals surface area contributed by atoms with Crippen molar-refractivity contribution in [1.29, 1.82) is 0 Å². The van der Waals surface area contributed by atoms with Crippen LogP contribution in [0.15, 0.2) is 29.5 Å². The van der Waals surface area contributed by atoms with Crippen LogP contribution in [0.25, 0.3) is 0 Å². The van der Waals surface area contributed by atoms with Crippen LogP contribution in [0.2, 0.25) is 0 Å². The number of pyridine rings is 1. The number of carbonyl (C=O) groups excluding carboxylic acids is 1. The summed E-state index contributed by atoms with van der Waals surface area (Å²) in [4.78, 5) is 20.4. The molecule has 0 spiro atoms.